The van der Waals surface area contributed by atoms with Gasteiger partial charge < -0.3 is 5.73 Å². The van der Waals surface area contributed by atoms with E-state index in [0.29, 0.717) is 5.25 Å². The lowest BCUT2D eigenvalue weighted by atomic mass is 9.87. The van der Waals surface area contributed by atoms with Gasteiger partial charge in [-0.3, -0.25) is 4.90 Å². The molecule has 0 aromatic heterocycles. The van der Waals surface area contributed by atoms with Crippen LogP contribution in [0.2, 0.25) is 0 Å². The molecule has 2 atom stereocenters. The first kappa shape index (κ1) is 15.7. The molecule has 2 nitrogen and oxygen atoms in total. The van der Waals surface area contributed by atoms with Gasteiger partial charge in [0.2, 0.25) is 0 Å². The van der Waals surface area contributed by atoms with Crippen LogP contribution in [0.5, 0.6) is 0 Å². The van der Waals surface area contributed by atoms with E-state index in [9.17, 15) is 0 Å². The summed E-state index contributed by atoms with van der Waals surface area (Å²) in [4.78, 5) is 2.85. The number of rotatable bonds is 6. The Morgan fingerprint density at radius 3 is 2.47 bits per heavy atom. The number of hydrogen-bond acceptors (Lipinski definition) is 3. The zero-order valence-electron chi connectivity index (χ0n) is 13.0. The SMILES string of the molecule is CC(C)CCN(C1CCCC1)C1(CN)CCSC1C. The molecule has 1 saturated carbocycles. The van der Waals surface area contributed by atoms with Crippen LogP contribution in [0.25, 0.3) is 0 Å². The lowest BCUT2D eigenvalue weighted by Crippen LogP contribution is -2.60. The first-order valence-corrected chi connectivity index (χ1v) is 9.23. The van der Waals surface area contributed by atoms with Crippen molar-refractivity contribution in [2.45, 2.75) is 76.1 Å². The lowest BCUT2D eigenvalue weighted by Gasteiger charge is -2.47. The highest BCUT2D eigenvalue weighted by atomic mass is 32.2. The van der Waals surface area contributed by atoms with E-state index in [1.54, 1.807) is 0 Å². The van der Waals surface area contributed by atoms with E-state index >= 15 is 0 Å². The minimum absolute atomic E-state index is 0.286. The van der Waals surface area contributed by atoms with Crippen LogP contribution in [0, 0.1) is 5.92 Å². The Balaban J connectivity index is 2.14. The quantitative estimate of drug-likeness (QED) is 0.809. The van der Waals surface area contributed by atoms with Gasteiger partial charge in [0.15, 0.2) is 0 Å². The van der Waals surface area contributed by atoms with Crippen LogP contribution in [-0.4, -0.2) is 40.6 Å². The van der Waals surface area contributed by atoms with Gasteiger partial charge >= 0.3 is 0 Å². The van der Waals surface area contributed by atoms with E-state index < -0.39 is 0 Å². The van der Waals surface area contributed by atoms with Gasteiger partial charge in [0.05, 0.1) is 0 Å². The van der Waals surface area contributed by atoms with Crippen LogP contribution < -0.4 is 5.73 Å². The molecule has 2 aliphatic rings. The summed E-state index contributed by atoms with van der Waals surface area (Å²) in [7, 11) is 0. The van der Waals surface area contributed by atoms with Crippen molar-refractivity contribution >= 4 is 11.8 Å². The maximum absolute atomic E-state index is 6.28. The van der Waals surface area contributed by atoms with Crippen LogP contribution in [0.3, 0.4) is 0 Å². The molecule has 3 heteroatoms. The Kier molecular flexibility index (Phi) is 5.62. The third-order valence-electron chi connectivity index (χ3n) is 5.30. The smallest absolute Gasteiger partial charge is 0.0458 e. The Morgan fingerprint density at radius 1 is 1.32 bits per heavy atom. The zero-order valence-corrected chi connectivity index (χ0v) is 13.8. The van der Waals surface area contributed by atoms with Gasteiger partial charge in [0, 0.05) is 23.4 Å². The lowest BCUT2D eigenvalue weighted by molar-refractivity contribution is 0.0477. The van der Waals surface area contributed by atoms with Gasteiger partial charge in [-0.15, -0.1) is 0 Å². The number of nitrogens with zero attached hydrogens (tertiary/aromatic N) is 1. The second kappa shape index (κ2) is 6.82. The van der Waals surface area contributed by atoms with Crippen molar-refractivity contribution in [2.24, 2.45) is 11.7 Å². The third-order valence-corrected chi connectivity index (χ3v) is 6.68. The standard InChI is InChI=1S/C16H32N2S/c1-13(2)8-10-18(15-6-4-5-7-15)16(12-17)9-11-19-14(16)3/h13-15H,4-12,17H2,1-3H3. The molecule has 2 fully saturated rings. The van der Waals surface area contributed by atoms with Crippen LogP contribution in [0.4, 0.5) is 0 Å². The molecule has 1 heterocycles. The highest BCUT2D eigenvalue weighted by Gasteiger charge is 2.47. The zero-order chi connectivity index (χ0) is 13.9. The average molecular weight is 285 g/mol. The van der Waals surface area contributed by atoms with Gasteiger partial charge in [0.1, 0.15) is 0 Å². The second-order valence-corrected chi connectivity index (χ2v) is 8.33. The second-order valence-electron chi connectivity index (χ2n) is 6.88. The molecule has 2 rings (SSSR count). The van der Waals surface area contributed by atoms with Gasteiger partial charge in [-0.1, -0.05) is 33.6 Å². The first-order valence-electron chi connectivity index (χ1n) is 8.18. The predicted octanol–water partition coefficient (Wildman–Crippen LogP) is 3.50. The molecule has 1 saturated heterocycles. The molecular weight excluding hydrogens is 252 g/mol. The number of nitrogens with two attached hydrogens (primary N) is 1. The van der Waals surface area contributed by atoms with Crippen molar-refractivity contribution in [3.05, 3.63) is 0 Å². The number of thioether (sulfide) groups is 1. The molecule has 0 aromatic carbocycles. The van der Waals surface area contributed by atoms with Crippen molar-refractivity contribution in [2.75, 3.05) is 18.8 Å². The molecule has 0 bridgehead atoms. The topological polar surface area (TPSA) is 29.3 Å². The summed E-state index contributed by atoms with van der Waals surface area (Å²) in [6.45, 7) is 9.19. The van der Waals surface area contributed by atoms with E-state index in [-0.39, 0.29) is 5.54 Å². The van der Waals surface area contributed by atoms with E-state index in [0.717, 1.165) is 18.5 Å². The minimum atomic E-state index is 0.286. The molecule has 2 N–H and O–H groups in total. The van der Waals surface area contributed by atoms with Gasteiger partial charge in [-0.2, -0.15) is 11.8 Å². The fourth-order valence-electron chi connectivity index (χ4n) is 3.92. The van der Waals surface area contributed by atoms with Crippen molar-refractivity contribution in [1.82, 2.24) is 4.90 Å². The van der Waals surface area contributed by atoms with Crippen molar-refractivity contribution in [3.63, 3.8) is 0 Å². The Labute approximate surface area is 123 Å². The summed E-state index contributed by atoms with van der Waals surface area (Å²) in [5.74, 6) is 2.09. The van der Waals surface area contributed by atoms with Crippen LogP contribution >= 0.6 is 11.8 Å². The normalized spacial score (nSPS) is 32.8. The molecule has 112 valence electrons. The Bertz CT molecular complexity index is 276. The van der Waals surface area contributed by atoms with Crippen molar-refractivity contribution < 1.29 is 0 Å². The third kappa shape index (κ3) is 3.30. The molecular formula is C16H32N2S. The molecule has 0 radical (unpaired) electrons. The van der Waals surface area contributed by atoms with Gasteiger partial charge in [0.25, 0.3) is 0 Å². The molecule has 19 heavy (non-hydrogen) atoms. The van der Waals surface area contributed by atoms with Crippen molar-refractivity contribution in [1.29, 1.82) is 0 Å². The molecule has 0 aromatic rings. The first-order chi connectivity index (χ1) is 9.10. The molecule has 0 amide bonds. The van der Waals surface area contributed by atoms with E-state index in [2.05, 4.69) is 37.4 Å². The molecule has 1 aliphatic carbocycles. The average Bonchev–Trinajstić information content (AvgIpc) is 3.00. The maximum Gasteiger partial charge on any atom is 0.0458 e. The monoisotopic (exact) mass is 284 g/mol. The highest BCUT2D eigenvalue weighted by molar-refractivity contribution is 8.00. The predicted molar refractivity (Wildman–Crippen MR) is 86.7 cm³/mol. The van der Waals surface area contributed by atoms with Crippen LogP contribution in [-0.2, 0) is 0 Å². The fourth-order valence-corrected chi connectivity index (χ4v) is 5.40. The summed E-state index contributed by atoms with van der Waals surface area (Å²) in [6.07, 6.45) is 8.25. The molecule has 1 aliphatic heterocycles. The summed E-state index contributed by atoms with van der Waals surface area (Å²) in [5, 5.41) is 0.699. The number of hydrogen-bond donors (Lipinski definition) is 1. The molecule has 2 unspecified atom stereocenters. The summed E-state index contributed by atoms with van der Waals surface area (Å²) in [5.41, 5.74) is 6.57. The van der Waals surface area contributed by atoms with Gasteiger partial charge in [-0.25, -0.2) is 0 Å². The van der Waals surface area contributed by atoms with Crippen molar-refractivity contribution in [3.8, 4) is 0 Å². The summed E-state index contributed by atoms with van der Waals surface area (Å²) < 4.78 is 0. The highest BCUT2D eigenvalue weighted by Crippen LogP contribution is 2.43. The minimum Gasteiger partial charge on any atom is -0.329 e. The van der Waals surface area contributed by atoms with Gasteiger partial charge in [-0.05, 0) is 43.9 Å². The Morgan fingerprint density at radius 2 is 2.00 bits per heavy atom. The Hall–Kier alpha value is 0.270. The largest absolute Gasteiger partial charge is 0.329 e. The van der Waals surface area contributed by atoms with Crippen LogP contribution in [0.1, 0.15) is 59.3 Å². The van der Waals surface area contributed by atoms with E-state index in [1.807, 2.05) is 0 Å². The van der Waals surface area contributed by atoms with E-state index in [1.165, 1.54) is 50.8 Å². The van der Waals surface area contributed by atoms with Crippen LogP contribution in [0.15, 0.2) is 0 Å². The maximum atomic E-state index is 6.28. The fraction of sp³-hybridized carbons (Fsp3) is 1.00. The summed E-state index contributed by atoms with van der Waals surface area (Å²) >= 11 is 2.13. The molecule has 0 spiro atoms. The summed E-state index contributed by atoms with van der Waals surface area (Å²) in [6, 6.07) is 0.809. The van der Waals surface area contributed by atoms with E-state index in [4.69, 9.17) is 5.73 Å².